The molecule has 0 bridgehead atoms. The topological polar surface area (TPSA) is 6.48 Å². The van der Waals surface area contributed by atoms with Crippen LogP contribution in [0.1, 0.15) is 0 Å². The lowest BCUT2D eigenvalue weighted by atomic mass is 10.1. The van der Waals surface area contributed by atoms with Gasteiger partial charge in [-0.1, -0.05) is 22.5 Å². The van der Waals surface area contributed by atoms with Crippen LogP contribution in [0, 0.1) is 0 Å². The van der Waals surface area contributed by atoms with Gasteiger partial charge >= 0.3 is 0 Å². The maximum absolute atomic E-state index is 3.81. The quantitative estimate of drug-likeness (QED) is 0.702. The van der Waals surface area contributed by atoms with Crippen molar-refractivity contribution in [3.05, 3.63) is 11.1 Å². The van der Waals surface area contributed by atoms with E-state index in [1.54, 1.807) is 0 Å². The van der Waals surface area contributed by atoms with Gasteiger partial charge in [0.15, 0.2) is 0 Å². The van der Waals surface area contributed by atoms with Gasteiger partial charge in [-0.2, -0.15) is 0 Å². The summed E-state index contributed by atoms with van der Waals surface area (Å²) in [7, 11) is 4.26. The molecule has 1 heterocycles. The number of likely N-dealkylation sites (N-methyl/N-ethyl adjacent to an activating group) is 1. The third kappa shape index (κ3) is 2.58. The van der Waals surface area contributed by atoms with Gasteiger partial charge in [-0.25, -0.2) is 0 Å². The van der Waals surface area contributed by atoms with Crippen molar-refractivity contribution in [2.45, 2.75) is 6.04 Å². The molecule has 64 valence electrons. The van der Waals surface area contributed by atoms with Crippen LogP contribution < -0.4 is 0 Å². The molecule has 1 aliphatic heterocycles. The summed E-state index contributed by atoms with van der Waals surface area (Å²) >= 11 is 3.36. The van der Waals surface area contributed by atoms with Gasteiger partial charge in [0.2, 0.25) is 0 Å². The Morgan fingerprint density at radius 2 is 2.18 bits per heavy atom. The molecule has 2 nitrogen and oxygen atoms in total. The molecule has 0 unspecified atom stereocenters. The van der Waals surface area contributed by atoms with Crippen molar-refractivity contribution in [2.24, 2.45) is 0 Å². The summed E-state index contributed by atoms with van der Waals surface area (Å²) in [6, 6.07) is 0.752. The predicted octanol–water partition coefficient (Wildman–Crippen LogP) is 1.14. The van der Waals surface area contributed by atoms with Crippen molar-refractivity contribution in [3.63, 3.8) is 0 Å². The van der Waals surface area contributed by atoms with Gasteiger partial charge < -0.3 is 4.90 Å². The molecule has 0 atom stereocenters. The molecule has 0 aromatic carbocycles. The van der Waals surface area contributed by atoms with Gasteiger partial charge in [0.05, 0.1) is 0 Å². The molecule has 0 N–H and O–H groups in total. The highest BCUT2D eigenvalue weighted by Gasteiger charge is 2.27. The molecule has 0 spiro atoms. The van der Waals surface area contributed by atoms with Gasteiger partial charge in [-0.05, 0) is 14.1 Å². The first-order chi connectivity index (χ1) is 5.09. The van der Waals surface area contributed by atoms with E-state index in [0.717, 1.165) is 17.1 Å². The summed E-state index contributed by atoms with van der Waals surface area (Å²) in [6.07, 6.45) is 0. The lowest BCUT2D eigenvalue weighted by Gasteiger charge is -2.42. The van der Waals surface area contributed by atoms with Gasteiger partial charge in [-0.3, -0.25) is 4.90 Å². The predicted molar refractivity (Wildman–Crippen MR) is 52.0 cm³/mol. The van der Waals surface area contributed by atoms with Crippen LogP contribution in [0.15, 0.2) is 11.1 Å². The van der Waals surface area contributed by atoms with E-state index in [1.165, 1.54) is 13.1 Å². The highest BCUT2D eigenvalue weighted by atomic mass is 79.9. The zero-order valence-electron chi connectivity index (χ0n) is 7.18. The number of hydrogen-bond acceptors (Lipinski definition) is 2. The molecule has 0 amide bonds. The van der Waals surface area contributed by atoms with E-state index in [0.29, 0.717) is 0 Å². The van der Waals surface area contributed by atoms with Crippen LogP contribution in [0.3, 0.4) is 0 Å². The van der Waals surface area contributed by atoms with Crippen LogP contribution in [0.4, 0.5) is 0 Å². The molecule has 1 saturated heterocycles. The minimum Gasteiger partial charge on any atom is -0.304 e. The SMILES string of the molecule is C=C(Br)CN1CC(N(C)C)C1. The highest BCUT2D eigenvalue weighted by Crippen LogP contribution is 2.15. The lowest BCUT2D eigenvalue weighted by Crippen LogP contribution is -2.57. The highest BCUT2D eigenvalue weighted by molar-refractivity contribution is 9.11. The van der Waals surface area contributed by atoms with Crippen LogP contribution in [0.5, 0.6) is 0 Å². The standard InChI is InChI=1S/C8H15BrN2/c1-7(9)4-11-5-8(6-11)10(2)3/h8H,1,4-6H2,2-3H3. The number of likely N-dealkylation sites (tertiary alicyclic amines) is 1. The van der Waals surface area contributed by atoms with E-state index in [9.17, 15) is 0 Å². The van der Waals surface area contributed by atoms with E-state index in [2.05, 4.69) is 46.4 Å². The normalized spacial score (nSPS) is 20.4. The maximum Gasteiger partial charge on any atom is 0.0344 e. The third-order valence-corrected chi connectivity index (χ3v) is 2.31. The summed E-state index contributed by atoms with van der Waals surface area (Å²) in [5.41, 5.74) is 0. The van der Waals surface area contributed by atoms with Crippen molar-refractivity contribution < 1.29 is 0 Å². The van der Waals surface area contributed by atoms with Gasteiger partial charge in [0.1, 0.15) is 0 Å². The lowest BCUT2D eigenvalue weighted by molar-refractivity contribution is 0.0739. The van der Waals surface area contributed by atoms with E-state index >= 15 is 0 Å². The van der Waals surface area contributed by atoms with Gasteiger partial charge in [-0.15, -0.1) is 0 Å². The first kappa shape index (κ1) is 9.23. The Labute approximate surface area is 77.0 Å². The molecule has 1 aliphatic rings. The van der Waals surface area contributed by atoms with E-state index in [4.69, 9.17) is 0 Å². The molecule has 0 radical (unpaired) electrons. The Bertz CT molecular complexity index is 150. The largest absolute Gasteiger partial charge is 0.304 e. The van der Waals surface area contributed by atoms with Crippen molar-refractivity contribution in [1.82, 2.24) is 9.80 Å². The summed E-state index contributed by atoms with van der Waals surface area (Å²) in [4.78, 5) is 4.65. The van der Waals surface area contributed by atoms with E-state index in [1.807, 2.05) is 0 Å². The molecule has 11 heavy (non-hydrogen) atoms. The summed E-state index contributed by atoms with van der Waals surface area (Å²) in [5, 5.41) is 0. The molecule has 0 saturated carbocycles. The Balaban J connectivity index is 2.14. The minimum absolute atomic E-state index is 0.752. The Morgan fingerprint density at radius 3 is 2.55 bits per heavy atom. The monoisotopic (exact) mass is 218 g/mol. The van der Waals surface area contributed by atoms with Crippen molar-refractivity contribution >= 4 is 15.9 Å². The Kier molecular flexibility index (Phi) is 3.10. The molecule has 0 aliphatic carbocycles. The van der Waals surface area contributed by atoms with Crippen molar-refractivity contribution in [3.8, 4) is 0 Å². The first-order valence-electron chi connectivity index (χ1n) is 3.81. The van der Waals surface area contributed by atoms with Gasteiger partial charge in [0, 0.05) is 30.2 Å². The van der Waals surface area contributed by atoms with Crippen molar-refractivity contribution in [2.75, 3.05) is 33.7 Å². The third-order valence-electron chi connectivity index (χ3n) is 2.06. The zero-order chi connectivity index (χ0) is 8.43. The molecule has 0 aromatic rings. The molecule has 1 rings (SSSR count). The maximum atomic E-state index is 3.81. The zero-order valence-corrected chi connectivity index (χ0v) is 8.76. The van der Waals surface area contributed by atoms with Crippen LogP contribution in [-0.2, 0) is 0 Å². The summed E-state index contributed by atoms with van der Waals surface area (Å²) in [5.74, 6) is 0. The van der Waals surface area contributed by atoms with E-state index in [-0.39, 0.29) is 0 Å². The smallest absolute Gasteiger partial charge is 0.0344 e. The fraction of sp³-hybridized carbons (Fsp3) is 0.750. The average molecular weight is 219 g/mol. The second kappa shape index (κ2) is 3.70. The van der Waals surface area contributed by atoms with Crippen LogP contribution in [0.2, 0.25) is 0 Å². The molecule has 1 fully saturated rings. The fourth-order valence-corrected chi connectivity index (χ4v) is 1.60. The van der Waals surface area contributed by atoms with Gasteiger partial charge in [0.25, 0.3) is 0 Å². The van der Waals surface area contributed by atoms with Crippen molar-refractivity contribution in [1.29, 1.82) is 0 Å². The fourth-order valence-electron chi connectivity index (χ4n) is 1.24. The van der Waals surface area contributed by atoms with Crippen LogP contribution in [-0.4, -0.2) is 49.6 Å². The average Bonchev–Trinajstić information content (AvgIpc) is 1.75. The number of nitrogens with zero attached hydrogens (tertiary/aromatic N) is 2. The summed E-state index contributed by atoms with van der Waals surface area (Å²) in [6.45, 7) is 7.16. The second-order valence-corrected chi connectivity index (χ2v) is 4.45. The number of hydrogen-bond donors (Lipinski definition) is 0. The Hall–Kier alpha value is 0.140. The molecule has 0 aromatic heterocycles. The molecule has 3 heteroatoms. The minimum atomic E-state index is 0.752. The molecular formula is C8H15BrN2. The van der Waals surface area contributed by atoms with Crippen LogP contribution in [0.25, 0.3) is 0 Å². The Morgan fingerprint density at radius 1 is 1.64 bits per heavy atom. The number of rotatable bonds is 3. The number of halogens is 1. The molecular weight excluding hydrogens is 204 g/mol. The van der Waals surface area contributed by atoms with Crippen LogP contribution >= 0.6 is 15.9 Å². The van der Waals surface area contributed by atoms with E-state index < -0.39 is 0 Å². The first-order valence-corrected chi connectivity index (χ1v) is 4.61. The summed E-state index contributed by atoms with van der Waals surface area (Å²) < 4.78 is 1.08. The second-order valence-electron chi connectivity index (χ2n) is 3.33.